The highest BCUT2D eigenvalue weighted by atomic mass is 79.9. The molecule has 1 unspecified atom stereocenters. The molecule has 26 heavy (non-hydrogen) atoms. The van der Waals surface area contributed by atoms with Gasteiger partial charge in [-0.05, 0) is 36.4 Å². The van der Waals surface area contributed by atoms with Crippen LogP contribution in [0, 0.1) is 0 Å². The lowest BCUT2D eigenvalue weighted by atomic mass is 10.4. The van der Waals surface area contributed by atoms with E-state index >= 15 is 0 Å². The van der Waals surface area contributed by atoms with Gasteiger partial charge < -0.3 is 21.7 Å². The van der Waals surface area contributed by atoms with Crippen molar-refractivity contribution >= 4 is 29.1 Å². The Morgan fingerprint density at radius 1 is 0.731 bits per heavy atom. The third-order valence-corrected chi connectivity index (χ3v) is 8.91. The fourth-order valence-corrected chi connectivity index (χ4v) is 7.77. The zero-order chi connectivity index (χ0) is 17.7. The average molecular weight is 429 g/mol. The Kier molecular flexibility index (Phi) is 7.14. The maximum absolute atomic E-state index is 11.8. The maximum Gasteiger partial charge on any atom is 0.305 e. The van der Waals surface area contributed by atoms with Gasteiger partial charge in [0.05, 0.1) is 0 Å². The molecule has 0 radical (unpaired) electrons. The normalized spacial score (nSPS) is 11.9. The van der Waals surface area contributed by atoms with Crippen LogP contribution in [-0.4, -0.2) is 11.8 Å². The minimum atomic E-state index is -2.14. The molecule has 0 aliphatic heterocycles. The highest BCUT2D eigenvalue weighted by Gasteiger charge is 2.52. The number of carbonyl (C=O) groups is 1. The van der Waals surface area contributed by atoms with Gasteiger partial charge in [-0.15, -0.1) is 0 Å². The molecule has 2 nitrogen and oxygen atoms in total. The molecular weight excluding hydrogens is 407 g/mol. The van der Waals surface area contributed by atoms with E-state index in [1.54, 1.807) is 0 Å². The Morgan fingerprint density at radius 2 is 1.04 bits per heavy atom. The van der Waals surface area contributed by atoms with Gasteiger partial charge >= 0.3 is 5.97 Å². The van der Waals surface area contributed by atoms with Crippen LogP contribution in [0.25, 0.3) is 0 Å². The van der Waals surface area contributed by atoms with E-state index in [1.165, 1.54) is 22.8 Å². The zero-order valence-electron chi connectivity index (χ0n) is 14.9. The number of ether oxygens (including phenoxy) is 1. The van der Waals surface area contributed by atoms with E-state index < -0.39 is 7.26 Å². The van der Waals surface area contributed by atoms with Gasteiger partial charge in [0.2, 0.25) is 5.85 Å². The first kappa shape index (κ1) is 20.4. The Bertz CT molecular complexity index is 726. The van der Waals surface area contributed by atoms with Crippen molar-refractivity contribution in [2.24, 2.45) is 0 Å². The molecule has 1 atom stereocenters. The van der Waals surface area contributed by atoms with Crippen LogP contribution in [0.4, 0.5) is 0 Å². The number of benzene rings is 3. The molecule has 3 aromatic rings. The van der Waals surface area contributed by atoms with Crippen LogP contribution >= 0.6 is 7.26 Å². The summed E-state index contributed by atoms with van der Waals surface area (Å²) in [5.74, 6) is -0.503. The Morgan fingerprint density at radius 3 is 1.31 bits per heavy atom. The van der Waals surface area contributed by atoms with Crippen molar-refractivity contribution in [1.29, 1.82) is 0 Å². The van der Waals surface area contributed by atoms with E-state index in [4.69, 9.17) is 4.74 Å². The predicted molar refractivity (Wildman–Crippen MR) is 106 cm³/mol. The minimum absolute atomic E-state index is 0. The summed E-state index contributed by atoms with van der Waals surface area (Å²) in [6.07, 6.45) is 0. The van der Waals surface area contributed by atoms with Crippen LogP contribution < -0.4 is 32.9 Å². The summed E-state index contributed by atoms with van der Waals surface area (Å²) in [6, 6.07) is 31.2. The fourth-order valence-electron chi connectivity index (χ4n) is 3.39. The molecule has 0 aliphatic carbocycles. The van der Waals surface area contributed by atoms with Gasteiger partial charge in [0, 0.05) is 13.8 Å². The van der Waals surface area contributed by atoms with Gasteiger partial charge in [-0.1, -0.05) is 54.6 Å². The van der Waals surface area contributed by atoms with Crippen LogP contribution in [0.15, 0.2) is 91.0 Å². The van der Waals surface area contributed by atoms with Gasteiger partial charge in [-0.2, -0.15) is 0 Å². The predicted octanol–water partition coefficient (Wildman–Crippen LogP) is 0.894. The molecule has 134 valence electrons. The van der Waals surface area contributed by atoms with Crippen LogP contribution in [0.5, 0.6) is 0 Å². The first-order chi connectivity index (χ1) is 12.2. The third-order valence-electron chi connectivity index (χ3n) is 4.37. The Hall–Kier alpha value is -1.96. The van der Waals surface area contributed by atoms with Crippen molar-refractivity contribution in [3.63, 3.8) is 0 Å². The van der Waals surface area contributed by atoms with Gasteiger partial charge in [0.1, 0.15) is 15.9 Å². The summed E-state index contributed by atoms with van der Waals surface area (Å²) in [6.45, 7) is 3.49. The number of hydrogen-bond donors (Lipinski definition) is 0. The molecule has 0 bridgehead atoms. The van der Waals surface area contributed by atoms with Gasteiger partial charge in [0.15, 0.2) is 7.26 Å². The monoisotopic (exact) mass is 428 g/mol. The van der Waals surface area contributed by atoms with E-state index in [2.05, 4.69) is 72.8 Å². The van der Waals surface area contributed by atoms with Crippen molar-refractivity contribution in [2.75, 3.05) is 0 Å². The number of rotatable bonds is 5. The number of esters is 1. The maximum atomic E-state index is 11.8. The lowest BCUT2D eigenvalue weighted by molar-refractivity contribution is -0.142. The molecule has 0 aliphatic rings. The van der Waals surface area contributed by atoms with Crippen LogP contribution in [-0.2, 0) is 9.53 Å². The van der Waals surface area contributed by atoms with E-state index in [0.29, 0.717) is 0 Å². The van der Waals surface area contributed by atoms with Crippen LogP contribution in [0.1, 0.15) is 13.8 Å². The summed E-state index contributed by atoms with van der Waals surface area (Å²) < 4.78 is 5.79. The highest BCUT2D eigenvalue weighted by Crippen LogP contribution is 2.59. The summed E-state index contributed by atoms with van der Waals surface area (Å²) >= 11 is 0. The van der Waals surface area contributed by atoms with Crippen molar-refractivity contribution in [3.05, 3.63) is 91.0 Å². The molecule has 0 spiro atoms. The summed E-state index contributed by atoms with van der Waals surface area (Å²) in [5, 5.41) is 3.63. The second-order valence-electron chi connectivity index (χ2n) is 5.94. The molecular formula is C22H22BrO2P. The first-order valence-corrected chi connectivity index (χ1v) is 10.2. The van der Waals surface area contributed by atoms with Crippen molar-refractivity contribution in [2.45, 2.75) is 19.7 Å². The molecule has 0 saturated carbocycles. The zero-order valence-corrected chi connectivity index (χ0v) is 17.4. The minimum Gasteiger partial charge on any atom is -1.00 e. The Balaban J connectivity index is 0.00000243. The van der Waals surface area contributed by atoms with Crippen molar-refractivity contribution < 1.29 is 26.5 Å². The van der Waals surface area contributed by atoms with Crippen LogP contribution in [0.3, 0.4) is 0 Å². The van der Waals surface area contributed by atoms with Crippen molar-refractivity contribution in [1.82, 2.24) is 0 Å². The molecule has 0 fully saturated rings. The number of hydrogen-bond acceptors (Lipinski definition) is 2. The lowest BCUT2D eigenvalue weighted by Gasteiger charge is -2.31. The lowest BCUT2D eigenvalue weighted by Crippen LogP contribution is -3.00. The Labute approximate surface area is 166 Å². The smallest absolute Gasteiger partial charge is 0.305 e. The molecule has 0 heterocycles. The molecule has 3 aromatic carbocycles. The number of carbonyl (C=O) groups excluding carboxylic acids is 1. The molecule has 0 amide bonds. The molecule has 3 rings (SSSR count). The first-order valence-electron chi connectivity index (χ1n) is 8.38. The second kappa shape index (κ2) is 9.12. The third kappa shape index (κ3) is 3.90. The van der Waals surface area contributed by atoms with Gasteiger partial charge in [-0.3, -0.25) is 4.79 Å². The highest BCUT2D eigenvalue weighted by molar-refractivity contribution is 7.96. The number of halogens is 1. The van der Waals surface area contributed by atoms with Crippen molar-refractivity contribution in [3.8, 4) is 0 Å². The molecule has 0 N–H and O–H groups in total. The summed E-state index contributed by atoms with van der Waals surface area (Å²) in [5.41, 5.74) is 0. The quantitative estimate of drug-likeness (QED) is 0.445. The molecule has 0 saturated heterocycles. The molecule has 0 aromatic heterocycles. The SMILES string of the molecule is CC(=O)OC(C)[P+](c1ccccc1)(c1ccccc1)c1ccccc1.[Br-]. The topological polar surface area (TPSA) is 26.3 Å². The van der Waals surface area contributed by atoms with E-state index in [0.717, 1.165) is 0 Å². The van der Waals surface area contributed by atoms with E-state index in [1.807, 2.05) is 25.1 Å². The largest absolute Gasteiger partial charge is 1.00 e. The molecule has 4 heteroatoms. The van der Waals surface area contributed by atoms with E-state index in [-0.39, 0.29) is 28.8 Å². The van der Waals surface area contributed by atoms with Gasteiger partial charge in [0.25, 0.3) is 0 Å². The van der Waals surface area contributed by atoms with Crippen LogP contribution in [0.2, 0.25) is 0 Å². The standard InChI is InChI=1S/C22H22O2P.BrH/c1-18(23)24-19(2)25(20-12-6-3-7-13-20,21-14-8-4-9-15-21)22-16-10-5-11-17-22;/h3-17,19H,1-2H3;1H/q+1;/p-1. The van der Waals surface area contributed by atoms with Gasteiger partial charge in [-0.25, -0.2) is 0 Å². The average Bonchev–Trinajstić information content (AvgIpc) is 2.64. The summed E-state index contributed by atoms with van der Waals surface area (Å²) in [4.78, 5) is 11.8. The van der Waals surface area contributed by atoms with E-state index in [9.17, 15) is 4.79 Å². The summed E-state index contributed by atoms with van der Waals surface area (Å²) in [7, 11) is -2.14. The second-order valence-corrected chi connectivity index (χ2v) is 9.66. The fraction of sp³-hybridized carbons (Fsp3) is 0.136.